The number of halogens is 1. The van der Waals surface area contributed by atoms with Crippen LogP contribution in [0.4, 0.5) is 5.69 Å². The topological polar surface area (TPSA) is 90.9 Å². The first-order chi connectivity index (χ1) is 16.4. The van der Waals surface area contributed by atoms with E-state index in [0.717, 1.165) is 5.39 Å². The number of fused-ring (bicyclic) bond motifs is 2. The van der Waals surface area contributed by atoms with Gasteiger partial charge < -0.3 is 23.6 Å². The normalized spacial score (nSPS) is 11.0. The van der Waals surface area contributed by atoms with Crippen LogP contribution in [0.1, 0.15) is 10.6 Å². The van der Waals surface area contributed by atoms with E-state index in [9.17, 15) is 9.59 Å². The maximum atomic E-state index is 12.8. The second kappa shape index (κ2) is 8.61. The lowest BCUT2D eigenvalue weighted by Gasteiger charge is -2.10. The molecule has 3 aromatic carbocycles. The summed E-state index contributed by atoms with van der Waals surface area (Å²) in [4.78, 5) is 25.5. The van der Waals surface area contributed by atoms with Crippen LogP contribution in [0.5, 0.6) is 11.5 Å². The number of ether oxygens (including phenoxy) is 2. The number of furan rings is 1. The van der Waals surface area contributed by atoms with Crippen LogP contribution >= 0.6 is 11.6 Å². The van der Waals surface area contributed by atoms with Gasteiger partial charge in [-0.2, -0.15) is 0 Å². The SMILES string of the molecule is COc1ccc(-c2cc(=O)c3cc(NC(=O)c4cc5cc(Cl)ccc5o4)ccc3o2)cc1OC. The molecule has 0 unspecified atom stereocenters. The summed E-state index contributed by atoms with van der Waals surface area (Å²) < 4.78 is 22.1. The van der Waals surface area contributed by atoms with Crippen LogP contribution in [0.3, 0.4) is 0 Å². The van der Waals surface area contributed by atoms with Gasteiger partial charge in [0.15, 0.2) is 22.7 Å². The van der Waals surface area contributed by atoms with E-state index in [1.807, 2.05) is 0 Å². The number of rotatable bonds is 5. The van der Waals surface area contributed by atoms with Crippen molar-refractivity contribution in [3.8, 4) is 22.8 Å². The van der Waals surface area contributed by atoms with Gasteiger partial charge in [0.1, 0.15) is 16.9 Å². The van der Waals surface area contributed by atoms with Crippen molar-refractivity contribution in [2.24, 2.45) is 0 Å². The molecule has 2 heterocycles. The van der Waals surface area contributed by atoms with E-state index < -0.39 is 5.91 Å². The molecule has 8 heteroatoms. The third-order valence-corrected chi connectivity index (χ3v) is 5.59. The molecule has 0 bridgehead atoms. The average molecular weight is 476 g/mol. The van der Waals surface area contributed by atoms with Crippen molar-refractivity contribution >= 4 is 45.1 Å². The van der Waals surface area contributed by atoms with Gasteiger partial charge in [-0.05, 0) is 60.7 Å². The Morgan fingerprint density at radius 3 is 2.44 bits per heavy atom. The summed E-state index contributed by atoms with van der Waals surface area (Å²) in [5.74, 6) is 1.17. The molecule has 0 saturated carbocycles. The predicted octanol–water partition coefficient (Wildman–Crippen LogP) is 6.13. The van der Waals surface area contributed by atoms with Gasteiger partial charge in [-0.25, -0.2) is 0 Å². The zero-order chi connectivity index (χ0) is 23.8. The predicted molar refractivity (Wildman–Crippen MR) is 130 cm³/mol. The molecule has 0 saturated heterocycles. The third kappa shape index (κ3) is 3.97. The van der Waals surface area contributed by atoms with E-state index in [1.165, 1.54) is 13.2 Å². The molecule has 0 radical (unpaired) electrons. The Labute approximate surface area is 198 Å². The molecule has 170 valence electrons. The Kier molecular flexibility index (Phi) is 5.47. The maximum Gasteiger partial charge on any atom is 0.291 e. The highest BCUT2D eigenvalue weighted by molar-refractivity contribution is 6.31. The lowest BCUT2D eigenvalue weighted by atomic mass is 10.1. The molecule has 0 aliphatic heterocycles. The fraction of sp³-hybridized carbons (Fsp3) is 0.0769. The fourth-order valence-corrected chi connectivity index (χ4v) is 3.87. The molecule has 0 spiro atoms. The van der Waals surface area contributed by atoms with E-state index in [-0.39, 0.29) is 11.2 Å². The Hall–Kier alpha value is -4.23. The quantitative estimate of drug-likeness (QED) is 0.329. The Bertz CT molecular complexity index is 1620. The first-order valence-electron chi connectivity index (χ1n) is 10.3. The molecule has 0 fully saturated rings. The first-order valence-corrected chi connectivity index (χ1v) is 10.6. The summed E-state index contributed by atoms with van der Waals surface area (Å²) >= 11 is 5.99. The molecule has 1 N–H and O–H groups in total. The molecule has 0 atom stereocenters. The van der Waals surface area contributed by atoms with Crippen LogP contribution in [0.15, 0.2) is 80.4 Å². The largest absolute Gasteiger partial charge is 0.493 e. The van der Waals surface area contributed by atoms with Crippen LogP contribution in [-0.4, -0.2) is 20.1 Å². The molecule has 1 amide bonds. The standard InChI is InChI=1S/C26H18ClNO6/c1-31-22-6-3-14(10-24(22)32-2)23-13-19(29)18-12-17(5-8-21(18)34-23)28-26(30)25-11-15-9-16(27)4-7-20(15)33-25/h3-13H,1-2H3,(H,28,30). The smallest absolute Gasteiger partial charge is 0.291 e. The monoisotopic (exact) mass is 475 g/mol. The molecular weight excluding hydrogens is 458 g/mol. The van der Waals surface area contributed by atoms with Gasteiger partial charge in [0, 0.05) is 27.7 Å². The van der Waals surface area contributed by atoms with Gasteiger partial charge >= 0.3 is 0 Å². The van der Waals surface area contributed by atoms with Crippen molar-refractivity contribution in [1.29, 1.82) is 0 Å². The van der Waals surface area contributed by atoms with Crippen LogP contribution in [0.2, 0.25) is 5.02 Å². The van der Waals surface area contributed by atoms with Crippen molar-refractivity contribution in [3.63, 3.8) is 0 Å². The van der Waals surface area contributed by atoms with Gasteiger partial charge in [-0.3, -0.25) is 9.59 Å². The Balaban J connectivity index is 1.45. The lowest BCUT2D eigenvalue weighted by Crippen LogP contribution is -2.11. The second-order valence-corrected chi connectivity index (χ2v) is 7.94. The number of hydrogen-bond acceptors (Lipinski definition) is 6. The molecular formula is C26H18ClNO6. The van der Waals surface area contributed by atoms with Crippen molar-refractivity contribution in [3.05, 3.63) is 87.7 Å². The molecule has 34 heavy (non-hydrogen) atoms. The van der Waals surface area contributed by atoms with Gasteiger partial charge in [0.2, 0.25) is 0 Å². The lowest BCUT2D eigenvalue weighted by molar-refractivity contribution is 0.0998. The van der Waals surface area contributed by atoms with Crippen LogP contribution in [0, 0.1) is 0 Å². The van der Waals surface area contributed by atoms with Crippen LogP contribution in [-0.2, 0) is 0 Å². The highest BCUT2D eigenvalue weighted by Crippen LogP contribution is 2.33. The van der Waals surface area contributed by atoms with E-state index in [2.05, 4.69) is 5.32 Å². The van der Waals surface area contributed by atoms with Crippen LogP contribution < -0.4 is 20.2 Å². The Morgan fingerprint density at radius 2 is 1.65 bits per heavy atom. The number of carbonyl (C=O) groups is 1. The number of amides is 1. The summed E-state index contributed by atoms with van der Waals surface area (Å²) in [5.41, 5.74) is 1.78. The number of nitrogens with one attached hydrogen (secondary N) is 1. The molecule has 5 aromatic rings. The van der Waals surface area contributed by atoms with Gasteiger partial charge in [-0.15, -0.1) is 0 Å². The highest BCUT2D eigenvalue weighted by atomic mass is 35.5. The zero-order valence-electron chi connectivity index (χ0n) is 18.2. The van der Waals surface area contributed by atoms with Gasteiger partial charge in [0.05, 0.1) is 19.6 Å². The van der Waals surface area contributed by atoms with Gasteiger partial charge in [-0.1, -0.05) is 11.6 Å². The summed E-state index contributed by atoms with van der Waals surface area (Å²) in [5, 5.41) is 4.35. The van der Waals surface area contributed by atoms with Crippen molar-refractivity contribution < 1.29 is 23.1 Å². The van der Waals surface area contributed by atoms with Crippen molar-refractivity contribution in [2.45, 2.75) is 0 Å². The number of anilines is 1. The minimum Gasteiger partial charge on any atom is -0.493 e. The number of carbonyl (C=O) groups excluding carboxylic acids is 1. The molecule has 0 aliphatic rings. The van der Waals surface area contributed by atoms with E-state index >= 15 is 0 Å². The molecule has 0 aliphatic carbocycles. The number of hydrogen-bond donors (Lipinski definition) is 1. The first kappa shape index (κ1) is 21.6. The minimum absolute atomic E-state index is 0.133. The molecule has 5 rings (SSSR count). The number of benzene rings is 3. The molecule has 7 nitrogen and oxygen atoms in total. The number of methoxy groups -OCH3 is 2. The Morgan fingerprint density at radius 1 is 0.853 bits per heavy atom. The summed E-state index contributed by atoms with van der Waals surface area (Å²) in [7, 11) is 3.09. The third-order valence-electron chi connectivity index (χ3n) is 5.36. The summed E-state index contributed by atoms with van der Waals surface area (Å²) in [6.07, 6.45) is 0. The summed E-state index contributed by atoms with van der Waals surface area (Å²) in [6, 6.07) is 18.2. The second-order valence-electron chi connectivity index (χ2n) is 7.50. The van der Waals surface area contributed by atoms with E-state index in [0.29, 0.717) is 50.1 Å². The summed E-state index contributed by atoms with van der Waals surface area (Å²) in [6.45, 7) is 0. The van der Waals surface area contributed by atoms with E-state index in [4.69, 9.17) is 29.9 Å². The van der Waals surface area contributed by atoms with Gasteiger partial charge in [0.25, 0.3) is 5.91 Å². The van der Waals surface area contributed by atoms with E-state index in [1.54, 1.807) is 67.8 Å². The minimum atomic E-state index is -0.446. The highest BCUT2D eigenvalue weighted by Gasteiger charge is 2.15. The fourth-order valence-electron chi connectivity index (χ4n) is 3.68. The van der Waals surface area contributed by atoms with Crippen molar-refractivity contribution in [1.82, 2.24) is 0 Å². The molecule has 2 aromatic heterocycles. The maximum absolute atomic E-state index is 12.8. The van der Waals surface area contributed by atoms with Crippen molar-refractivity contribution in [2.75, 3.05) is 19.5 Å². The zero-order valence-corrected chi connectivity index (χ0v) is 18.9. The average Bonchev–Trinajstić information content (AvgIpc) is 3.27. The van der Waals surface area contributed by atoms with Crippen LogP contribution in [0.25, 0.3) is 33.3 Å².